The number of thioether (sulfide) groups is 1. The second-order valence-corrected chi connectivity index (χ2v) is 4.81. The van der Waals surface area contributed by atoms with Gasteiger partial charge in [0.15, 0.2) is 5.17 Å². The molecular weight excluding hydrogens is 194 g/mol. The highest BCUT2D eigenvalue weighted by Gasteiger charge is 2.24. The molecule has 3 nitrogen and oxygen atoms in total. The van der Waals surface area contributed by atoms with Crippen molar-refractivity contribution < 1.29 is 0 Å². The van der Waals surface area contributed by atoms with Gasteiger partial charge in [-0.15, -0.1) is 0 Å². The van der Waals surface area contributed by atoms with E-state index in [0.29, 0.717) is 11.3 Å². The number of nitrogens with zero attached hydrogens (tertiary/aromatic N) is 2. The van der Waals surface area contributed by atoms with Crippen LogP contribution in [0.2, 0.25) is 0 Å². The number of rotatable bonds is 2. The molecule has 0 saturated carbocycles. The molecule has 1 aliphatic rings. The van der Waals surface area contributed by atoms with Crippen molar-refractivity contribution in [1.82, 2.24) is 4.98 Å². The van der Waals surface area contributed by atoms with Gasteiger partial charge in [0.25, 0.3) is 0 Å². The number of hydrogen-bond acceptors (Lipinski definition) is 4. The second kappa shape index (κ2) is 4.00. The van der Waals surface area contributed by atoms with Crippen LogP contribution in [-0.2, 0) is 6.42 Å². The standard InChI is InChI=1S/C10H13N3S/c1-7-9(13-10(11)14-7)6-8-2-4-12-5-3-8/h2-5,7,9H,6H2,1H3,(H2,11,13)/t7-,9-/m1/s1. The van der Waals surface area contributed by atoms with Crippen molar-refractivity contribution >= 4 is 16.9 Å². The van der Waals surface area contributed by atoms with E-state index in [9.17, 15) is 0 Å². The van der Waals surface area contributed by atoms with Gasteiger partial charge in [-0.2, -0.15) is 0 Å². The maximum atomic E-state index is 5.67. The van der Waals surface area contributed by atoms with Crippen LogP contribution in [0.4, 0.5) is 0 Å². The summed E-state index contributed by atoms with van der Waals surface area (Å²) in [6, 6.07) is 4.38. The normalized spacial score (nSPS) is 26.2. The first kappa shape index (κ1) is 9.52. The van der Waals surface area contributed by atoms with E-state index in [1.807, 2.05) is 24.5 Å². The van der Waals surface area contributed by atoms with Crippen molar-refractivity contribution in [3.63, 3.8) is 0 Å². The highest BCUT2D eigenvalue weighted by atomic mass is 32.2. The molecule has 0 aromatic carbocycles. The van der Waals surface area contributed by atoms with Crippen LogP contribution in [-0.4, -0.2) is 21.4 Å². The molecule has 14 heavy (non-hydrogen) atoms. The van der Waals surface area contributed by atoms with Crippen molar-refractivity contribution in [2.45, 2.75) is 24.6 Å². The molecule has 1 aliphatic heterocycles. The lowest BCUT2D eigenvalue weighted by molar-refractivity contribution is 0.674. The molecule has 0 fully saturated rings. The van der Waals surface area contributed by atoms with Crippen molar-refractivity contribution in [3.8, 4) is 0 Å². The van der Waals surface area contributed by atoms with Gasteiger partial charge in [0.05, 0.1) is 6.04 Å². The van der Waals surface area contributed by atoms with Crippen molar-refractivity contribution in [3.05, 3.63) is 30.1 Å². The van der Waals surface area contributed by atoms with Gasteiger partial charge in [0, 0.05) is 17.6 Å². The number of pyridine rings is 1. The number of hydrogen-bond donors (Lipinski definition) is 1. The minimum absolute atomic E-state index is 0.322. The van der Waals surface area contributed by atoms with Gasteiger partial charge in [-0.1, -0.05) is 18.7 Å². The van der Waals surface area contributed by atoms with Crippen LogP contribution in [0.5, 0.6) is 0 Å². The zero-order valence-corrected chi connectivity index (χ0v) is 8.87. The van der Waals surface area contributed by atoms with Crippen LogP contribution in [0.1, 0.15) is 12.5 Å². The fourth-order valence-corrected chi connectivity index (χ4v) is 2.43. The summed E-state index contributed by atoms with van der Waals surface area (Å²) in [5.41, 5.74) is 6.94. The first-order valence-corrected chi connectivity index (χ1v) is 5.52. The van der Waals surface area contributed by atoms with Gasteiger partial charge in [-0.25, -0.2) is 0 Å². The summed E-state index contributed by atoms with van der Waals surface area (Å²) in [5.74, 6) is 0. The molecule has 0 radical (unpaired) electrons. The van der Waals surface area contributed by atoms with E-state index in [4.69, 9.17) is 5.73 Å². The number of nitrogens with two attached hydrogens (primary N) is 1. The van der Waals surface area contributed by atoms with E-state index in [0.717, 1.165) is 11.6 Å². The first-order chi connectivity index (χ1) is 6.75. The van der Waals surface area contributed by atoms with E-state index in [1.54, 1.807) is 11.8 Å². The Kier molecular flexibility index (Phi) is 2.72. The molecule has 4 heteroatoms. The summed E-state index contributed by atoms with van der Waals surface area (Å²) < 4.78 is 0. The Hall–Kier alpha value is -1.03. The lowest BCUT2D eigenvalue weighted by atomic mass is 10.1. The maximum absolute atomic E-state index is 5.67. The Bertz CT molecular complexity index is 336. The van der Waals surface area contributed by atoms with E-state index < -0.39 is 0 Å². The molecule has 0 unspecified atom stereocenters. The summed E-state index contributed by atoms with van der Waals surface area (Å²) in [4.78, 5) is 8.39. The zero-order valence-electron chi connectivity index (χ0n) is 8.05. The minimum atomic E-state index is 0.322. The quantitative estimate of drug-likeness (QED) is 0.798. The molecule has 74 valence electrons. The lowest BCUT2D eigenvalue weighted by Gasteiger charge is -2.11. The monoisotopic (exact) mass is 207 g/mol. The van der Waals surface area contributed by atoms with Crippen LogP contribution in [0.3, 0.4) is 0 Å². The summed E-state index contributed by atoms with van der Waals surface area (Å²) >= 11 is 1.66. The van der Waals surface area contributed by atoms with Crippen LogP contribution >= 0.6 is 11.8 Å². The third kappa shape index (κ3) is 2.07. The predicted octanol–water partition coefficient (Wildman–Crippen LogP) is 1.44. The molecule has 0 amide bonds. The molecule has 2 heterocycles. The maximum Gasteiger partial charge on any atom is 0.154 e. The van der Waals surface area contributed by atoms with Crippen molar-refractivity contribution in [1.29, 1.82) is 0 Å². The Morgan fingerprint density at radius 2 is 2.14 bits per heavy atom. The molecule has 0 bridgehead atoms. The first-order valence-electron chi connectivity index (χ1n) is 4.64. The van der Waals surface area contributed by atoms with Crippen LogP contribution in [0.15, 0.2) is 29.5 Å². The smallest absolute Gasteiger partial charge is 0.154 e. The number of aliphatic imine (C=N–C) groups is 1. The van der Waals surface area contributed by atoms with E-state index in [1.165, 1.54) is 5.56 Å². The third-order valence-electron chi connectivity index (χ3n) is 2.34. The second-order valence-electron chi connectivity index (χ2n) is 3.42. The number of aromatic nitrogens is 1. The average Bonchev–Trinajstić information content (AvgIpc) is 2.47. The number of amidine groups is 1. The van der Waals surface area contributed by atoms with Gasteiger partial charge in [-0.3, -0.25) is 9.98 Å². The van der Waals surface area contributed by atoms with Crippen LogP contribution in [0, 0.1) is 0 Å². The van der Waals surface area contributed by atoms with Gasteiger partial charge >= 0.3 is 0 Å². The fourth-order valence-electron chi connectivity index (χ4n) is 1.54. The van der Waals surface area contributed by atoms with Crippen LogP contribution in [0.25, 0.3) is 0 Å². The van der Waals surface area contributed by atoms with Gasteiger partial charge < -0.3 is 5.73 Å². The Balaban J connectivity index is 2.05. The van der Waals surface area contributed by atoms with Gasteiger partial charge in [0.1, 0.15) is 0 Å². The zero-order chi connectivity index (χ0) is 9.97. The summed E-state index contributed by atoms with van der Waals surface area (Å²) in [5, 5.41) is 1.21. The molecule has 0 saturated heterocycles. The molecule has 0 aliphatic carbocycles. The Morgan fingerprint density at radius 1 is 1.43 bits per heavy atom. The molecule has 2 N–H and O–H groups in total. The highest BCUT2D eigenvalue weighted by molar-refractivity contribution is 8.14. The Labute approximate surface area is 87.8 Å². The van der Waals surface area contributed by atoms with Crippen molar-refractivity contribution in [2.24, 2.45) is 10.7 Å². The van der Waals surface area contributed by atoms with E-state index >= 15 is 0 Å². The average molecular weight is 207 g/mol. The minimum Gasteiger partial charge on any atom is -0.379 e. The molecular formula is C10H13N3S. The summed E-state index contributed by atoms with van der Waals surface area (Å²) in [6.45, 7) is 2.17. The van der Waals surface area contributed by atoms with E-state index in [2.05, 4.69) is 16.9 Å². The molecule has 1 aromatic heterocycles. The molecule has 2 rings (SSSR count). The molecule has 2 atom stereocenters. The SMILES string of the molecule is C[C@H]1SC(N)=N[C@@H]1Cc1ccncc1. The largest absolute Gasteiger partial charge is 0.379 e. The van der Waals surface area contributed by atoms with E-state index in [-0.39, 0.29) is 0 Å². The Morgan fingerprint density at radius 3 is 2.71 bits per heavy atom. The van der Waals surface area contributed by atoms with Gasteiger partial charge in [-0.05, 0) is 24.1 Å². The van der Waals surface area contributed by atoms with Crippen molar-refractivity contribution in [2.75, 3.05) is 0 Å². The topological polar surface area (TPSA) is 51.3 Å². The molecule has 0 spiro atoms. The summed E-state index contributed by atoms with van der Waals surface area (Å²) in [6.07, 6.45) is 4.59. The van der Waals surface area contributed by atoms with Gasteiger partial charge in [0.2, 0.25) is 0 Å². The molecule has 1 aromatic rings. The predicted molar refractivity (Wildman–Crippen MR) is 60.4 cm³/mol. The third-order valence-corrected chi connectivity index (χ3v) is 3.37. The highest BCUT2D eigenvalue weighted by Crippen LogP contribution is 2.26. The lowest BCUT2D eigenvalue weighted by Crippen LogP contribution is -2.16. The fraction of sp³-hybridized carbons (Fsp3) is 0.400. The van der Waals surface area contributed by atoms with Crippen LogP contribution < -0.4 is 5.73 Å². The summed E-state index contributed by atoms with van der Waals surface area (Å²) in [7, 11) is 0.